The van der Waals surface area contributed by atoms with Crippen molar-refractivity contribution in [2.45, 2.75) is 51.3 Å². The molecule has 0 bridgehead atoms. The molecule has 3 heterocycles. The van der Waals surface area contributed by atoms with Gasteiger partial charge in [-0.05, 0) is 41.1 Å². The first-order chi connectivity index (χ1) is 27.9. The average Bonchev–Trinajstić information content (AvgIpc) is 3.79. The Morgan fingerprint density at radius 2 is 1.58 bits per heavy atom. The van der Waals surface area contributed by atoms with Crippen molar-refractivity contribution < 1.29 is 31.4 Å². The Morgan fingerprint density at radius 1 is 0.818 bits per heavy atom. The summed E-state index contributed by atoms with van der Waals surface area (Å²) in [5.41, 5.74) is 7.25. The number of hydrogen-bond donors (Lipinski definition) is 0. The average molecular weight is 962 g/mol. The monoisotopic (exact) mass is 963 g/mol. The Morgan fingerprint density at radius 3 is 2.35 bits per heavy atom. The molecule has 0 amide bonds. The van der Waals surface area contributed by atoms with Crippen LogP contribution in [-0.4, -0.2) is 27.8 Å². The van der Waals surface area contributed by atoms with Crippen LogP contribution in [0.2, 0.25) is 17.3 Å². The molecular weight excluding hydrogens is 911 g/mol. The molecule has 6 heteroatoms. The van der Waals surface area contributed by atoms with Crippen molar-refractivity contribution in [3.63, 3.8) is 0 Å². The Hall–Kier alpha value is -4.81. The predicted molar refractivity (Wildman–Crippen MR) is 230 cm³/mol. The topological polar surface area (TPSA) is 43.9 Å². The summed E-state index contributed by atoms with van der Waals surface area (Å²) in [4.78, 5) is 9.60. The van der Waals surface area contributed by atoms with E-state index < -0.39 is 31.9 Å². The molecule has 0 saturated carbocycles. The number of pyridine rings is 1. The van der Waals surface area contributed by atoms with E-state index in [1.165, 1.54) is 16.8 Å². The minimum atomic E-state index is -2.36. The summed E-state index contributed by atoms with van der Waals surface area (Å²) in [6.45, 7) is 3.55. The summed E-state index contributed by atoms with van der Waals surface area (Å²) in [6, 6.07) is 48.3. The molecular formula is C49H45GeIrN3O-2. The smallest absolute Gasteiger partial charge is 0.120 e. The summed E-state index contributed by atoms with van der Waals surface area (Å²) < 4.78 is 49.6. The van der Waals surface area contributed by atoms with Crippen LogP contribution >= 0.6 is 0 Å². The summed E-state index contributed by atoms with van der Waals surface area (Å²) in [5.74, 6) is 7.52. The second kappa shape index (κ2) is 15.4. The minimum Gasteiger partial charge on any atom is -0.501 e. The fourth-order valence-corrected chi connectivity index (χ4v) is 9.85. The Bertz CT molecular complexity index is 3000. The second-order valence-corrected chi connectivity index (χ2v) is 26.3. The molecule has 9 rings (SSSR count). The van der Waals surface area contributed by atoms with Crippen LogP contribution in [-0.2, 0) is 26.5 Å². The van der Waals surface area contributed by atoms with Crippen LogP contribution in [0.5, 0.6) is 0 Å². The number of nitrogens with zero attached hydrogens (tertiary/aromatic N) is 3. The molecule has 0 atom stereocenters. The van der Waals surface area contributed by atoms with Crippen LogP contribution in [0.4, 0.5) is 0 Å². The first-order valence-corrected chi connectivity index (χ1v) is 25.6. The molecule has 0 spiro atoms. The van der Waals surface area contributed by atoms with Gasteiger partial charge in [-0.2, -0.15) is 0 Å². The standard InChI is InChI=1S/C29H17N2O.C20H28GeN.Ir/c1-2-9-20-18-21(17-16-19(20)8-1)31-26-14-5-4-13-25(26)30-29(31)24-12-7-11-23-22-10-3-6-15-27(22)32-28(23)24;1-15-8-10-16(11-9-15)19-12-17(13-20(2,3)4)18(14-22-19)21(5,6)7;/h1-11,13-18H;8-10,12,14H,13H2,1-7H3;/q2*-1;/i;1D3,13D2;. The van der Waals surface area contributed by atoms with Gasteiger partial charge >= 0.3 is 145 Å². The second-order valence-electron chi connectivity index (χ2n) is 15.7. The van der Waals surface area contributed by atoms with E-state index in [1.54, 1.807) is 12.1 Å². The van der Waals surface area contributed by atoms with Crippen molar-refractivity contribution in [1.82, 2.24) is 14.5 Å². The van der Waals surface area contributed by atoms with E-state index in [2.05, 4.69) is 112 Å². The van der Waals surface area contributed by atoms with E-state index in [4.69, 9.17) is 16.3 Å². The molecule has 1 radical (unpaired) electrons. The van der Waals surface area contributed by atoms with Gasteiger partial charge in [0.05, 0.1) is 22.4 Å². The van der Waals surface area contributed by atoms with Gasteiger partial charge in [0.15, 0.2) is 0 Å². The van der Waals surface area contributed by atoms with Crippen LogP contribution < -0.4 is 4.40 Å². The van der Waals surface area contributed by atoms with Gasteiger partial charge in [-0.15, -0.1) is 18.2 Å². The van der Waals surface area contributed by atoms with Gasteiger partial charge in [0.2, 0.25) is 0 Å². The summed E-state index contributed by atoms with van der Waals surface area (Å²) in [5, 5.41) is 4.59. The van der Waals surface area contributed by atoms with Gasteiger partial charge in [0.25, 0.3) is 0 Å². The van der Waals surface area contributed by atoms with Gasteiger partial charge in [-0.1, -0.05) is 71.6 Å². The van der Waals surface area contributed by atoms with Gasteiger partial charge in [-0.3, -0.25) is 4.98 Å². The minimum absolute atomic E-state index is 0. The number of benzene rings is 6. The maximum absolute atomic E-state index is 8.80. The van der Waals surface area contributed by atoms with Crippen molar-refractivity contribution in [1.29, 1.82) is 0 Å². The number of rotatable bonds is 5. The van der Waals surface area contributed by atoms with Crippen molar-refractivity contribution in [3.05, 3.63) is 157 Å². The Kier molecular flexibility index (Phi) is 9.07. The van der Waals surface area contributed by atoms with Crippen LogP contribution in [0.1, 0.15) is 38.8 Å². The molecule has 0 aliphatic carbocycles. The number of hydrogen-bond acceptors (Lipinski definition) is 3. The molecule has 3 aromatic heterocycles. The van der Waals surface area contributed by atoms with E-state index in [0.717, 1.165) is 54.4 Å². The first kappa shape index (κ1) is 32.4. The summed E-state index contributed by atoms with van der Waals surface area (Å²) >= 11 is -2.36. The molecule has 9 aromatic rings. The first-order valence-electron chi connectivity index (χ1n) is 20.7. The third kappa shape index (κ3) is 7.98. The van der Waals surface area contributed by atoms with Crippen molar-refractivity contribution in [2.75, 3.05) is 0 Å². The van der Waals surface area contributed by atoms with Crippen LogP contribution in [0.15, 0.2) is 138 Å². The molecule has 0 aliphatic rings. The molecule has 0 unspecified atom stereocenters. The zero-order valence-electron chi connectivity index (χ0n) is 36.8. The third-order valence-corrected chi connectivity index (χ3v) is 13.7. The number of para-hydroxylation sites is 3. The normalized spacial score (nSPS) is 13.7. The molecule has 277 valence electrons. The number of fused-ring (bicyclic) bond motifs is 5. The van der Waals surface area contributed by atoms with E-state index in [9.17, 15) is 0 Å². The molecule has 0 aliphatic heterocycles. The van der Waals surface area contributed by atoms with Crippen molar-refractivity contribution >= 4 is 61.4 Å². The number of furan rings is 1. The fraction of sp³-hybridized carbons (Fsp3) is 0.184. The van der Waals surface area contributed by atoms with Crippen LogP contribution in [0, 0.1) is 24.4 Å². The SMILES string of the molecule is [2H]C([2H])([2H])c1c[c-]c(-c2cc(C([2H])([2H])C(C)(C)C)[c]([Ge]([CH3])([CH3])[CH3])cn2)cc1.[Ir].[c-]1ccc2c(oc3ccccc32)c1-c1nc2ccccc2n1-c1ccc2ccccc2c1. The maximum Gasteiger partial charge on any atom is 0.120 e. The summed E-state index contributed by atoms with van der Waals surface area (Å²) in [6.07, 6.45) is 0.303. The quantitative estimate of drug-likeness (QED) is 0.128. The summed E-state index contributed by atoms with van der Waals surface area (Å²) in [7, 11) is 0. The molecule has 55 heavy (non-hydrogen) atoms. The molecule has 0 saturated heterocycles. The number of imidazole rings is 1. The Balaban J connectivity index is 0.000000182. The zero-order chi connectivity index (χ0) is 41.9. The molecule has 6 aromatic carbocycles. The largest absolute Gasteiger partial charge is 0.501 e. The fourth-order valence-electron chi connectivity index (χ4n) is 6.92. The van der Waals surface area contributed by atoms with Crippen molar-refractivity contribution in [2.24, 2.45) is 5.41 Å². The molecule has 4 nitrogen and oxygen atoms in total. The zero-order valence-corrected chi connectivity index (χ0v) is 36.3. The van der Waals surface area contributed by atoms with Crippen LogP contribution in [0.25, 0.3) is 72.1 Å². The van der Waals surface area contributed by atoms with Crippen LogP contribution in [0.3, 0.4) is 0 Å². The molecule has 0 fully saturated rings. The van der Waals surface area contributed by atoms with Gasteiger partial charge < -0.3 is 8.98 Å². The van der Waals surface area contributed by atoms with Crippen molar-refractivity contribution in [3.8, 4) is 28.3 Å². The third-order valence-electron chi connectivity index (χ3n) is 9.42. The number of aryl methyl sites for hydroxylation is 1. The van der Waals surface area contributed by atoms with E-state index in [1.807, 2.05) is 63.4 Å². The maximum atomic E-state index is 8.80. The predicted octanol–water partition coefficient (Wildman–Crippen LogP) is 12.5. The van der Waals surface area contributed by atoms with Gasteiger partial charge in [0, 0.05) is 31.2 Å². The van der Waals surface area contributed by atoms with E-state index in [0.29, 0.717) is 16.8 Å². The van der Waals surface area contributed by atoms with Gasteiger partial charge in [0.1, 0.15) is 5.58 Å². The van der Waals surface area contributed by atoms with E-state index in [-0.39, 0.29) is 25.7 Å². The number of aromatic nitrogens is 3. The van der Waals surface area contributed by atoms with E-state index >= 15 is 0 Å². The Labute approximate surface area is 347 Å². The van der Waals surface area contributed by atoms with Gasteiger partial charge in [-0.25, -0.2) is 0 Å². The molecule has 0 N–H and O–H groups in total.